The van der Waals surface area contributed by atoms with Crippen molar-refractivity contribution in [3.8, 4) is 0 Å². The molecule has 3 aliphatic rings. The van der Waals surface area contributed by atoms with Crippen LogP contribution < -0.4 is 0 Å². The second-order valence-electron chi connectivity index (χ2n) is 8.32. The van der Waals surface area contributed by atoms with Crippen LogP contribution in [0.25, 0.3) is 10.2 Å². The van der Waals surface area contributed by atoms with Crippen LogP contribution in [0.2, 0.25) is 0 Å². The number of rotatable bonds is 4. The summed E-state index contributed by atoms with van der Waals surface area (Å²) in [6, 6.07) is 3.99. The van der Waals surface area contributed by atoms with Gasteiger partial charge in [-0.2, -0.15) is 0 Å². The Hall–Kier alpha value is -2.07. The molecule has 0 N–H and O–H groups in total. The van der Waals surface area contributed by atoms with Crippen molar-refractivity contribution in [2.24, 2.45) is 0 Å². The summed E-state index contributed by atoms with van der Waals surface area (Å²) < 4.78 is 10.8. The van der Waals surface area contributed by atoms with E-state index in [4.69, 9.17) is 9.47 Å². The number of hydrogen-bond donors (Lipinski definition) is 0. The molecule has 0 aromatic carbocycles. The average Bonchev–Trinajstić information content (AvgIpc) is 3.44. The van der Waals surface area contributed by atoms with E-state index in [0.29, 0.717) is 52.6 Å². The number of carbonyl (C=O) groups is 2. The van der Waals surface area contributed by atoms with Crippen molar-refractivity contribution in [2.45, 2.75) is 12.3 Å². The Morgan fingerprint density at radius 1 is 1.03 bits per heavy atom. The maximum Gasteiger partial charge on any atom is 0.264 e. The molecular weight excluding hydrogens is 416 g/mol. The summed E-state index contributed by atoms with van der Waals surface area (Å²) >= 11 is 1.48. The molecule has 3 fully saturated rings. The van der Waals surface area contributed by atoms with Crippen LogP contribution >= 0.6 is 11.3 Å². The van der Waals surface area contributed by atoms with Crippen molar-refractivity contribution >= 4 is 33.4 Å². The molecule has 0 aliphatic carbocycles. The van der Waals surface area contributed by atoms with Crippen molar-refractivity contribution < 1.29 is 19.1 Å². The average molecular weight is 445 g/mol. The Balaban J connectivity index is 1.36. The standard InChI is InChI=1S/C22H28N4O4S/c27-18(15-24-6-10-29-11-7-24)26-5-3-16(14-26)19-17-2-1-4-23-21(17)31-20(19)22(28)25-8-12-30-13-9-25/h1-2,4,16H,3,5-15H2/t16-/m1/s1. The lowest BCUT2D eigenvalue weighted by Crippen LogP contribution is -2.44. The highest BCUT2D eigenvalue weighted by Crippen LogP contribution is 2.40. The number of hydrogen-bond acceptors (Lipinski definition) is 7. The fraction of sp³-hybridized carbons (Fsp3) is 0.591. The number of fused-ring (bicyclic) bond motifs is 1. The van der Waals surface area contributed by atoms with Gasteiger partial charge >= 0.3 is 0 Å². The number of thiophene rings is 1. The first kappa shape index (κ1) is 20.8. The maximum absolute atomic E-state index is 13.4. The van der Waals surface area contributed by atoms with E-state index < -0.39 is 0 Å². The van der Waals surface area contributed by atoms with Gasteiger partial charge < -0.3 is 19.3 Å². The zero-order chi connectivity index (χ0) is 21.2. The van der Waals surface area contributed by atoms with E-state index in [0.717, 1.165) is 46.7 Å². The maximum atomic E-state index is 13.4. The summed E-state index contributed by atoms with van der Waals surface area (Å²) in [5, 5.41) is 1.05. The molecule has 31 heavy (non-hydrogen) atoms. The zero-order valence-corrected chi connectivity index (χ0v) is 18.4. The molecule has 1 atom stereocenters. The van der Waals surface area contributed by atoms with Gasteiger partial charge in [-0.25, -0.2) is 4.98 Å². The molecule has 9 heteroatoms. The van der Waals surface area contributed by atoms with E-state index in [1.165, 1.54) is 11.3 Å². The van der Waals surface area contributed by atoms with Gasteiger partial charge in [0.25, 0.3) is 5.91 Å². The second kappa shape index (κ2) is 9.20. The van der Waals surface area contributed by atoms with Gasteiger partial charge in [-0.05, 0) is 18.1 Å². The second-order valence-corrected chi connectivity index (χ2v) is 9.32. The normalized spacial score (nSPS) is 22.9. The smallest absolute Gasteiger partial charge is 0.264 e. The van der Waals surface area contributed by atoms with Crippen LogP contribution in [-0.4, -0.2) is 104 Å². The summed E-state index contributed by atoms with van der Waals surface area (Å²) in [4.78, 5) is 38.5. The predicted octanol–water partition coefficient (Wildman–Crippen LogP) is 1.42. The highest BCUT2D eigenvalue weighted by Gasteiger charge is 2.34. The summed E-state index contributed by atoms with van der Waals surface area (Å²) in [5.41, 5.74) is 1.08. The van der Waals surface area contributed by atoms with Crippen molar-refractivity contribution in [3.63, 3.8) is 0 Å². The summed E-state index contributed by atoms with van der Waals surface area (Å²) in [7, 11) is 0. The monoisotopic (exact) mass is 444 g/mol. The minimum absolute atomic E-state index is 0.0689. The summed E-state index contributed by atoms with van der Waals surface area (Å²) in [6.45, 7) is 7.24. The molecule has 2 aromatic rings. The van der Waals surface area contributed by atoms with E-state index in [1.54, 1.807) is 6.20 Å². The molecule has 166 valence electrons. The molecule has 0 spiro atoms. The number of amides is 2. The van der Waals surface area contributed by atoms with E-state index in [1.807, 2.05) is 15.9 Å². The van der Waals surface area contributed by atoms with E-state index in [-0.39, 0.29) is 17.7 Å². The van der Waals surface area contributed by atoms with Crippen LogP contribution in [0.1, 0.15) is 27.6 Å². The number of pyridine rings is 1. The first-order chi connectivity index (χ1) is 15.2. The molecule has 3 saturated heterocycles. The fourth-order valence-electron chi connectivity index (χ4n) is 4.70. The number of nitrogens with zero attached hydrogens (tertiary/aromatic N) is 4. The van der Waals surface area contributed by atoms with Crippen LogP contribution in [0.3, 0.4) is 0 Å². The largest absolute Gasteiger partial charge is 0.379 e. The molecule has 3 aliphatic heterocycles. The minimum Gasteiger partial charge on any atom is -0.379 e. The van der Waals surface area contributed by atoms with Gasteiger partial charge in [0.1, 0.15) is 4.83 Å². The highest BCUT2D eigenvalue weighted by atomic mass is 32.1. The number of ether oxygens (including phenoxy) is 2. The summed E-state index contributed by atoms with van der Waals surface area (Å²) in [5.74, 6) is 0.397. The zero-order valence-electron chi connectivity index (χ0n) is 17.6. The molecule has 0 bridgehead atoms. The lowest BCUT2D eigenvalue weighted by atomic mass is 9.95. The SMILES string of the molecule is O=C(CN1CCOCC1)N1CC[C@@H](c2c(C(=O)N3CCOCC3)sc3ncccc23)C1. The quantitative estimate of drug-likeness (QED) is 0.710. The number of aromatic nitrogens is 1. The molecule has 0 unspecified atom stereocenters. The van der Waals surface area contributed by atoms with Crippen LogP contribution in [-0.2, 0) is 14.3 Å². The molecule has 0 radical (unpaired) electrons. The van der Waals surface area contributed by atoms with Crippen LogP contribution in [0, 0.1) is 0 Å². The molecule has 0 saturated carbocycles. The Morgan fingerprint density at radius 2 is 1.77 bits per heavy atom. The van der Waals surface area contributed by atoms with Crippen LogP contribution in [0.4, 0.5) is 0 Å². The molecule has 8 nitrogen and oxygen atoms in total. The molecule has 5 rings (SSSR count). The number of morpholine rings is 2. The van der Waals surface area contributed by atoms with E-state index in [9.17, 15) is 9.59 Å². The Bertz CT molecular complexity index is 952. The Morgan fingerprint density at radius 3 is 2.55 bits per heavy atom. The molecule has 2 aromatic heterocycles. The molecular formula is C22H28N4O4S. The molecule has 2 amide bonds. The van der Waals surface area contributed by atoms with Crippen LogP contribution in [0.5, 0.6) is 0 Å². The van der Waals surface area contributed by atoms with E-state index >= 15 is 0 Å². The van der Waals surface area contributed by atoms with Gasteiger partial charge in [-0.1, -0.05) is 6.07 Å². The predicted molar refractivity (Wildman–Crippen MR) is 118 cm³/mol. The first-order valence-electron chi connectivity index (χ1n) is 11.0. The molecule has 5 heterocycles. The third-order valence-electron chi connectivity index (χ3n) is 6.41. The van der Waals surface area contributed by atoms with Crippen LogP contribution in [0.15, 0.2) is 18.3 Å². The summed E-state index contributed by atoms with van der Waals surface area (Å²) in [6.07, 6.45) is 2.65. The van der Waals surface area contributed by atoms with Crippen molar-refractivity contribution in [1.29, 1.82) is 0 Å². The van der Waals surface area contributed by atoms with Gasteiger partial charge in [-0.15, -0.1) is 11.3 Å². The van der Waals surface area contributed by atoms with Crippen molar-refractivity contribution in [2.75, 3.05) is 72.2 Å². The number of carbonyl (C=O) groups excluding carboxylic acids is 2. The van der Waals surface area contributed by atoms with Gasteiger partial charge in [0, 0.05) is 56.8 Å². The topological polar surface area (TPSA) is 75.2 Å². The highest BCUT2D eigenvalue weighted by molar-refractivity contribution is 7.20. The first-order valence-corrected chi connectivity index (χ1v) is 11.8. The lowest BCUT2D eigenvalue weighted by Gasteiger charge is -2.28. The Labute approximate surface area is 185 Å². The Kier molecular flexibility index (Phi) is 6.17. The fourth-order valence-corrected chi connectivity index (χ4v) is 5.90. The third-order valence-corrected chi connectivity index (χ3v) is 7.53. The lowest BCUT2D eigenvalue weighted by molar-refractivity contribution is -0.132. The van der Waals surface area contributed by atoms with Gasteiger partial charge in [0.05, 0.1) is 37.8 Å². The number of likely N-dealkylation sites (tertiary alicyclic amines) is 1. The van der Waals surface area contributed by atoms with Gasteiger partial charge in [0.15, 0.2) is 0 Å². The third kappa shape index (κ3) is 4.32. The minimum atomic E-state index is 0.0689. The van der Waals surface area contributed by atoms with E-state index in [2.05, 4.69) is 16.0 Å². The van der Waals surface area contributed by atoms with Crippen molar-refractivity contribution in [1.82, 2.24) is 19.7 Å². The van der Waals surface area contributed by atoms with Gasteiger partial charge in [0.2, 0.25) is 5.91 Å². The van der Waals surface area contributed by atoms with Crippen molar-refractivity contribution in [3.05, 3.63) is 28.8 Å². The van der Waals surface area contributed by atoms with Gasteiger partial charge in [-0.3, -0.25) is 14.5 Å².